The van der Waals surface area contributed by atoms with Crippen LogP contribution in [0.1, 0.15) is 28.5 Å². The van der Waals surface area contributed by atoms with Gasteiger partial charge in [-0.25, -0.2) is 0 Å². The molecule has 0 saturated carbocycles. The summed E-state index contributed by atoms with van der Waals surface area (Å²) in [6.45, 7) is 2.07. The van der Waals surface area contributed by atoms with Gasteiger partial charge in [-0.1, -0.05) is 48.0 Å². The number of furan rings is 1. The molecule has 1 atom stereocenters. The highest BCUT2D eigenvalue weighted by Gasteiger charge is 2.46. The number of fused-ring (bicyclic) bond motifs is 1. The standard InChI is InChI=1S/C25H20N2O4/c1-15-6-4-7-16(12-15)22-21(23(28)19-13-26-20-10-3-2-9-18(19)20)24(29)25(30)27(22)14-17-8-5-11-31-17/h2-13,22,26,28H,14H2,1H3/b23-21-. The van der Waals surface area contributed by atoms with Crippen LogP contribution in [0.3, 0.4) is 0 Å². The molecule has 3 heterocycles. The van der Waals surface area contributed by atoms with E-state index in [1.165, 1.54) is 11.2 Å². The van der Waals surface area contributed by atoms with Gasteiger partial charge in [0, 0.05) is 22.7 Å². The predicted molar refractivity (Wildman–Crippen MR) is 116 cm³/mol. The van der Waals surface area contributed by atoms with Crippen LogP contribution in [0.2, 0.25) is 0 Å². The third-order valence-electron chi connectivity index (χ3n) is 5.65. The lowest BCUT2D eigenvalue weighted by Gasteiger charge is -2.24. The maximum atomic E-state index is 13.1. The molecule has 0 bridgehead atoms. The zero-order chi connectivity index (χ0) is 21.5. The van der Waals surface area contributed by atoms with Crippen molar-refractivity contribution in [2.75, 3.05) is 0 Å². The number of aliphatic hydroxyl groups is 1. The summed E-state index contributed by atoms with van der Waals surface area (Å²) in [6, 6.07) is 17.9. The fraction of sp³-hybridized carbons (Fsp3) is 0.120. The molecule has 1 fully saturated rings. The number of ketones is 1. The van der Waals surface area contributed by atoms with Crippen molar-refractivity contribution in [1.82, 2.24) is 9.88 Å². The Kier molecular flexibility index (Phi) is 4.47. The number of H-pyrrole nitrogens is 1. The summed E-state index contributed by atoms with van der Waals surface area (Å²) >= 11 is 0. The number of aromatic amines is 1. The molecule has 0 radical (unpaired) electrons. The number of carbonyl (C=O) groups excluding carboxylic acids is 2. The minimum Gasteiger partial charge on any atom is -0.507 e. The Balaban J connectivity index is 1.71. The molecule has 6 nitrogen and oxygen atoms in total. The highest BCUT2D eigenvalue weighted by Crippen LogP contribution is 2.41. The quantitative estimate of drug-likeness (QED) is 0.289. The van der Waals surface area contributed by atoms with Gasteiger partial charge in [0.25, 0.3) is 11.7 Å². The molecular formula is C25H20N2O4. The lowest BCUT2D eigenvalue weighted by atomic mass is 9.94. The van der Waals surface area contributed by atoms with E-state index in [9.17, 15) is 14.7 Å². The third kappa shape index (κ3) is 3.13. The Morgan fingerprint density at radius 2 is 1.94 bits per heavy atom. The molecule has 154 valence electrons. The number of para-hydroxylation sites is 1. The van der Waals surface area contributed by atoms with Crippen molar-refractivity contribution in [2.24, 2.45) is 0 Å². The molecule has 1 aliphatic heterocycles. The zero-order valence-corrected chi connectivity index (χ0v) is 16.8. The molecule has 1 unspecified atom stereocenters. The fourth-order valence-electron chi connectivity index (χ4n) is 4.21. The number of amides is 1. The molecule has 1 amide bonds. The number of likely N-dealkylation sites (tertiary alicyclic amines) is 1. The Bertz CT molecular complexity index is 1330. The molecule has 4 aromatic rings. The highest BCUT2D eigenvalue weighted by molar-refractivity contribution is 6.46. The van der Waals surface area contributed by atoms with Gasteiger partial charge < -0.3 is 19.4 Å². The van der Waals surface area contributed by atoms with Crippen LogP contribution in [0.5, 0.6) is 0 Å². The molecule has 0 spiro atoms. The number of carbonyl (C=O) groups is 2. The first-order chi connectivity index (χ1) is 15.0. The van der Waals surface area contributed by atoms with Crippen LogP contribution in [0.4, 0.5) is 0 Å². The van der Waals surface area contributed by atoms with Crippen LogP contribution in [-0.2, 0) is 16.1 Å². The summed E-state index contributed by atoms with van der Waals surface area (Å²) in [5.41, 5.74) is 3.15. The molecule has 1 aliphatic rings. The van der Waals surface area contributed by atoms with Gasteiger partial charge in [-0.05, 0) is 30.7 Å². The largest absolute Gasteiger partial charge is 0.507 e. The van der Waals surface area contributed by atoms with E-state index in [0.29, 0.717) is 11.3 Å². The van der Waals surface area contributed by atoms with Crippen molar-refractivity contribution < 1.29 is 19.1 Å². The summed E-state index contributed by atoms with van der Waals surface area (Å²) in [6.07, 6.45) is 3.19. The monoisotopic (exact) mass is 412 g/mol. The molecule has 5 rings (SSSR count). The first-order valence-corrected chi connectivity index (χ1v) is 9.98. The van der Waals surface area contributed by atoms with E-state index in [4.69, 9.17) is 4.42 Å². The second kappa shape index (κ2) is 7.32. The van der Waals surface area contributed by atoms with Gasteiger partial charge in [-0.2, -0.15) is 0 Å². The van der Waals surface area contributed by atoms with Crippen LogP contribution in [0.25, 0.3) is 16.7 Å². The van der Waals surface area contributed by atoms with Crippen molar-refractivity contribution in [3.05, 3.63) is 101 Å². The average Bonchev–Trinajstić information content (AvgIpc) is 3.49. The van der Waals surface area contributed by atoms with E-state index >= 15 is 0 Å². The van der Waals surface area contributed by atoms with E-state index in [0.717, 1.165) is 22.0 Å². The van der Waals surface area contributed by atoms with Crippen molar-refractivity contribution in [3.8, 4) is 0 Å². The summed E-state index contributed by atoms with van der Waals surface area (Å²) < 4.78 is 5.42. The SMILES string of the molecule is Cc1cccc(C2/C(=C(/O)c3c[nH]c4ccccc34)C(=O)C(=O)N2Cc2ccco2)c1. The lowest BCUT2D eigenvalue weighted by molar-refractivity contribution is -0.140. The van der Waals surface area contributed by atoms with Gasteiger partial charge in [0.1, 0.15) is 11.5 Å². The van der Waals surface area contributed by atoms with E-state index in [-0.39, 0.29) is 17.9 Å². The molecule has 1 saturated heterocycles. The number of aryl methyl sites for hydroxylation is 1. The van der Waals surface area contributed by atoms with Crippen LogP contribution < -0.4 is 0 Å². The van der Waals surface area contributed by atoms with Gasteiger partial charge >= 0.3 is 0 Å². The fourth-order valence-corrected chi connectivity index (χ4v) is 4.21. The number of aromatic nitrogens is 1. The summed E-state index contributed by atoms with van der Waals surface area (Å²) in [7, 11) is 0. The van der Waals surface area contributed by atoms with E-state index in [1.54, 1.807) is 18.3 Å². The normalized spacial score (nSPS) is 18.2. The summed E-state index contributed by atoms with van der Waals surface area (Å²) in [5, 5.41) is 12.1. The number of nitrogens with zero attached hydrogens (tertiary/aromatic N) is 1. The smallest absolute Gasteiger partial charge is 0.296 e. The molecule has 2 aromatic carbocycles. The molecule has 2 aromatic heterocycles. The Labute approximate surface area is 178 Å². The number of aliphatic hydroxyl groups excluding tert-OH is 1. The van der Waals surface area contributed by atoms with Crippen molar-refractivity contribution >= 4 is 28.4 Å². The maximum Gasteiger partial charge on any atom is 0.296 e. The maximum absolute atomic E-state index is 13.1. The van der Waals surface area contributed by atoms with Crippen molar-refractivity contribution in [2.45, 2.75) is 19.5 Å². The predicted octanol–water partition coefficient (Wildman–Crippen LogP) is 4.69. The summed E-state index contributed by atoms with van der Waals surface area (Å²) in [5.74, 6) is -0.999. The van der Waals surface area contributed by atoms with Crippen LogP contribution >= 0.6 is 0 Å². The number of rotatable bonds is 4. The topological polar surface area (TPSA) is 86.5 Å². The summed E-state index contributed by atoms with van der Waals surface area (Å²) in [4.78, 5) is 30.7. The number of benzene rings is 2. The van der Waals surface area contributed by atoms with Gasteiger partial charge in [0.2, 0.25) is 0 Å². The first kappa shape index (κ1) is 18.9. The van der Waals surface area contributed by atoms with Gasteiger partial charge in [0.05, 0.1) is 24.4 Å². The number of hydrogen-bond donors (Lipinski definition) is 2. The molecular weight excluding hydrogens is 392 g/mol. The Morgan fingerprint density at radius 1 is 1.10 bits per heavy atom. The Morgan fingerprint density at radius 3 is 2.71 bits per heavy atom. The third-order valence-corrected chi connectivity index (χ3v) is 5.65. The highest BCUT2D eigenvalue weighted by atomic mass is 16.3. The van der Waals surface area contributed by atoms with Gasteiger partial charge in [-0.15, -0.1) is 0 Å². The zero-order valence-electron chi connectivity index (χ0n) is 16.8. The van der Waals surface area contributed by atoms with Crippen LogP contribution in [0, 0.1) is 6.92 Å². The van der Waals surface area contributed by atoms with Gasteiger partial charge in [0.15, 0.2) is 0 Å². The minimum atomic E-state index is -0.723. The minimum absolute atomic E-state index is 0.0758. The lowest BCUT2D eigenvalue weighted by Crippen LogP contribution is -2.29. The van der Waals surface area contributed by atoms with Crippen molar-refractivity contribution in [1.29, 1.82) is 0 Å². The van der Waals surface area contributed by atoms with E-state index < -0.39 is 17.7 Å². The van der Waals surface area contributed by atoms with E-state index in [2.05, 4.69) is 4.98 Å². The number of hydrogen-bond acceptors (Lipinski definition) is 4. The molecule has 31 heavy (non-hydrogen) atoms. The first-order valence-electron chi connectivity index (χ1n) is 9.98. The number of nitrogens with one attached hydrogen (secondary N) is 1. The average molecular weight is 412 g/mol. The Hall–Kier alpha value is -4.06. The second-order valence-electron chi connectivity index (χ2n) is 7.67. The number of Topliss-reactive ketones (excluding diaryl/α,β-unsaturated/α-hetero) is 1. The van der Waals surface area contributed by atoms with E-state index in [1.807, 2.05) is 55.5 Å². The van der Waals surface area contributed by atoms with Crippen LogP contribution in [0.15, 0.2) is 83.1 Å². The molecule has 6 heteroatoms. The molecule has 0 aliphatic carbocycles. The van der Waals surface area contributed by atoms with Crippen molar-refractivity contribution in [3.63, 3.8) is 0 Å². The molecule has 2 N–H and O–H groups in total. The van der Waals surface area contributed by atoms with Crippen LogP contribution in [-0.4, -0.2) is 26.7 Å². The second-order valence-corrected chi connectivity index (χ2v) is 7.67. The van der Waals surface area contributed by atoms with Gasteiger partial charge in [-0.3, -0.25) is 9.59 Å².